The van der Waals surface area contributed by atoms with Crippen LogP contribution in [-0.2, 0) is 10.0 Å². The van der Waals surface area contributed by atoms with Crippen molar-refractivity contribution in [2.75, 3.05) is 4.72 Å². The molecule has 0 fully saturated rings. The highest BCUT2D eigenvalue weighted by atomic mass is 32.2. The molecule has 3 nitrogen and oxygen atoms in total. The van der Waals surface area contributed by atoms with Gasteiger partial charge in [0, 0.05) is 5.69 Å². The quantitative estimate of drug-likeness (QED) is 0.873. The van der Waals surface area contributed by atoms with Gasteiger partial charge >= 0.3 is 0 Å². The lowest BCUT2D eigenvalue weighted by atomic mass is 10.3. The number of hydrogen-bond acceptors (Lipinski definition) is 2. The summed E-state index contributed by atoms with van der Waals surface area (Å²) in [6.45, 7) is 0. The van der Waals surface area contributed by atoms with Gasteiger partial charge in [-0.15, -0.1) is 0 Å². The van der Waals surface area contributed by atoms with Crippen molar-refractivity contribution in [1.82, 2.24) is 0 Å². The summed E-state index contributed by atoms with van der Waals surface area (Å²) in [5, 5.41) is 0. The Morgan fingerprint density at radius 1 is 1.07 bits per heavy atom. The highest BCUT2D eigenvalue weighted by molar-refractivity contribution is 7.93. The maximum Gasteiger partial charge on any atom is 0.285 e. The summed E-state index contributed by atoms with van der Waals surface area (Å²) in [4.78, 5) is 0. The molecule has 7 heteroatoms. The third kappa shape index (κ3) is 3.12. The lowest BCUT2D eigenvalue weighted by molar-refractivity contribution is 0.0906. The molecule has 15 heavy (non-hydrogen) atoms. The van der Waals surface area contributed by atoms with E-state index in [0.29, 0.717) is 0 Å². The number of sulfonamides is 1. The summed E-state index contributed by atoms with van der Waals surface area (Å²) < 4.78 is 59.9. The van der Waals surface area contributed by atoms with Gasteiger partial charge in [-0.05, 0) is 12.1 Å². The molecule has 0 aliphatic rings. The second-order valence-corrected chi connectivity index (χ2v) is 4.44. The van der Waals surface area contributed by atoms with E-state index in [-0.39, 0.29) is 5.69 Å². The second-order valence-electron chi connectivity index (χ2n) is 2.70. The molecular weight excluding hydrogens is 231 g/mol. The molecule has 1 rings (SSSR count). The zero-order chi connectivity index (χ0) is 11.5. The summed E-state index contributed by atoms with van der Waals surface area (Å²) in [6.07, 6.45) is -3.56. The zero-order valence-electron chi connectivity index (χ0n) is 7.40. The highest BCUT2D eigenvalue weighted by Crippen LogP contribution is 2.16. The van der Waals surface area contributed by atoms with Crippen molar-refractivity contribution in [2.24, 2.45) is 0 Å². The first-order chi connectivity index (χ1) is 6.93. The minimum atomic E-state index is -4.68. The molecule has 0 saturated carbocycles. The van der Waals surface area contributed by atoms with Crippen LogP contribution in [0.15, 0.2) is 30.3 Å². The lowest BCUT2D eigenvalue weighted by Crippen LogP contribution is -2.29. The predicted molar refractivity (Wildman–Crippen MR) is 49.9 cm³/mol. The van der Waals surface area contributed by atoms with Crippen LogP contribution >= 0.6 is 0 Å². The molecule has 1 atom stereocenters. The maximum absolute atomic E-state index is 12.6. The van der Waals surface area contributed by atoms with Crippen LogP contribution in [0.1, 0.15) is 0 Å². The fraction of sp³-hybridized carbons (Fsp3) is 0.250. The number of rotatable bonds is 4. The van der Waals surface area contributed by atoms with E-state index >= 15 is 0 Å². The largest absolute Gasteiger partial charge is 0.285 e. The Morgan fingerprint density at radius 3 is 2.07 bits per heavy atom. The molecule has 1 aromatic carbocycles. The number of alkyl halides is 3. The van der Waals surface area contributed by atoms with Crippen LogP contribution in [0.2, 0.25) is 0 Å². The lowest BCUT2D eigenvalue weighted by Gasteiger charge is -2.10. The van der Waals surface area contributed by atoms with Crippen molar-refractivity contribution in [2.45, 2.75) is 11.9 Å². The van der Waals surface area contributed by atoms with Crippen molar-refractivity contribution >= 4 is 15.7 Å². The van der Waals surface area contributed by atoms with Crippen LogP contribution in [0.25, 0.3) is 0 Å². The molecule has 0 aromatic heterocycles. The molecule has 0 heterocycles. The Kier molecular flexibility index (Phi) is 3.57. The van der Waals surface area contributed by atoms with E-state index in [1.54, 1.807) is 10.8 Å². The Hall–Kier alpha value is -1.24. The maximum atomic E-state index is 12.6. The van der Waals surface area contributed by atoms with E-state index < -0.39 is 22.0 Å². The molecule has 0 saturated heterocycles. The van der Waals surface area contributed by atoms with Crippen LogP contribution in [0.4, 0.5) is 18.9 Å². The molecule has 0 aliphatic heterocycles. The van der Waals surface area contributed by atoms with Gasteiger partial charge in [-0.3, -0.25) is 4.72 Å². The summed E-state index contributed by atoms with van der Waals surface area (Å²) in [7, 11) is -4.68. The number of halogens is 3. The fourth-order valence-electron chi connectivity index (χ4n) is 0.862. The van der Waals surface area contributed by atoms with Crippen LogP contribution in [0, 0.1) is 0 Å². The van der Waals surface area contributed by atoms with Gasteiger partial charge in [-0.25, -0.2) is 21.6 Å². The van der Waals surface area contributed by atoms with Gasteiger partial charge in [-0.2, -0.15) is 0 Å². The van der Waals surface area contributed by atoms with Crippen LogP contribution < -0.4 is 4.72 Å². The second kappa shape index (κ2) is 4.52. The summed E-state index contributed by atoms with van der Waals surface area (Å²) in [5.41, 5.74) is -3.18. The van der Waals surface area contributed by atoms with Crippen LogP contribution in [0.3, 0.4) is 0 Å². The Bertz CT molecular complexity index is 407. The van der Waals surface area contributed by atoms with Crippen molar-refractivity contribution in [3.8, 4) is 0 Å². The molecule has 0 amide bonds. The van der Waals surface area contributed by atoms with Crippen molar-refractivity contribution in [3.05, 3.63) is 30.3 Å². The average molecular weight is 239 g/mol. The Morgan fingerprint density at radius 2 is 1.60 bits per heavy atom. The van der Waals surface area contributed by atoms with Crippen LogP contribution in [-0.4, -0.2) is 20.3 Å². The SMILES string of the molecule is O=S(=O)(Nc1ccccc1)C(F)C(F)F. The van der Waals surface area contributed by atoms with Gasteiger partial charge in [0.2, 0.25) is 0 Å². The third-order valence-electron chi connectivity index (χ3n) is 1.53. The minimum absolute atomic E-state index is 0.0424. The molecule has 0 aliphatic carbocycles. The van der Waals surface area contributed by atoms with E-state index in [4.69, 9.17) is 0 Å². The first-order valence-electron chi connectivity index (χ1n) is 3.92. The molecule has 1 N–H and O–H groups in total. The Labute approximate surface area is 85.0 Å². The first-order valence-corrected chi connectivity index (χ1v) is 5.47. The first kappa shape index (κ1) is 11.8. The van der Waals surface area contributed by atoms with E-state index in [0.717, 1.165) is 0 Å². The topological polar surface area (TPSA) is 46.2 Å². The molecule has 1 aromatic rings. The van der Waals surface area contributed by atoms with Crippen LogP contribution in [0.5, 0.6) is 0 Å². The fourth-order valence-corrected chi connectivity index (χ4v) is 1.71. The molecule has 0 radical (unpaired) electrons. The summed E-state index contributed by atoms with van der Waals surface area (Å²) in [5.74, 6) is 0. The minimum Gasteiger partial charge on any atom is -0.281 e. The third-order valence-corrected chi connectivity index (χ3v) is 2.85. The number of hydrogen-bond donors (Lipinski definition) is 1. The molecular formula is C8H8F3NO2S. The number of anilines is 1. The standard InChI is InChI=1S/C8H8F3NO2S/c9-7(10)8(11)15(13,14)12-6-4-2-1-3-5-6/h1-5,7-8,12H. The Balaban J connectivity index is 2.82. The monoisotopic (exact) mass is 239 g/mol. The molecule has 84 valence electrons. The van der Waals surface area contributed by atoms with E-state index in [9.17, 15) is 21.6 Å². The molecule has 1 unspecified atom stereocenters. The predicted octanol–water partition coefficient (Wildman–Crippen LogP) is 1.99. The number of nitrogens with one attached hydrogen (secondary N) is 1. The summed E-state index contributed by atoms with van der Waals surface area (Å²) >= 11 is 0. The normalized spacial score (nSPS) is 13.9. The summed E-state index contributed by atoms with van der Waals surface area (Å²) in [6, 6.07) is 7.25. The van der Waals surface area contributed by atoms with Crippen molar-refractivity contribution in [3.63, 3.8) is 0 Å². The van der Waals surface area contributed by atoms with Gasteiger partial charge in [0.1, 0.15) is 0 Å². The van der Waals surface area contributed by atoms with E-state index in [1.165, 1.54) is 24.3 Å². The smallest absolute Gasteiger partial charge is 0.281 e. The zero-order valence-corrected chi connectivity index (χ0v) is 8.22. The van der Waals surface area contributed by atoms with Gasteiger partial charge in [0.25, 0.3) is 22.0 Å². The van der Waals surface area contributed by atoms with Gasteiger partial charge < -0.3 is 0 Å². The number of para-hydroxylation sites is 1. The van der Waals surface area contributed by atoms with Gasteiger partial charge in [0.15, 0.2) is 0 Å². The highest BCUT2D eigenvalue weighted by Gasteiger charge is 2.33. The molecule has 0 bridgehead atoms. The van der Waals surface area contributed by atoms with Crippen molar-refractivity contribution < 1.29 is 21.6 Å². The van der Waals surface area contributed by atoms with E-state index in [2.05, 4.69) is 0 Å². The van der Waals surface area contributed by atoms with E-state index in [1.807, 2.05) is 0 Å². The van der Waals surface area contributed by atoms with Gasteiger partial charge in [-0.1, -0.05) is 18.2 Å². The average Bonchev–Trinajstić information content (AvgIpc) is 2.17. The van der Waals surface area contributed by atoms with Crippen molar-refractivity contribution in [1.29, 1.82) is 0 Å². The molecule has 0 spiro atoms. The van der Waals surface area contributed by atoms with Gasteiger partial charge in [0.05, 0.1) is 0 Å². The number of benzene rings is 1.